The summed E-state index contributed by atoms with van der Waals surface area (Å²) in [7, 11) is 1.62. The van der Waals surface area contributed by atoms with Crippen molar-refractivity contribution in [1.29, 1.82) is 0 Å². The van der Waals surface area contributed by atoms with Crippen molar-refractivity contribution in [1.82, 2.24) is 10.2 Å². The molecule has 0 fully saturated rings. The Morgan fingerprint density at radius 3 is 2.54 bits per heavy atom. The van der Waals surface area contributed by atoms with Gasteiger partial charge in [-0.3, -0.25) is 0 Å². The fourth-order valence-corrected chi connectivity index (χ4v) is 3.16. The van der Waals surface area contributed by atoms with Crippen molar-refractivity contribution in [2.75, 3.05) is 33.3 Å². The molecule has 154 valence electrons. The molecule has 0 aliphatic heterocycles. The van der Waals surface area contributed by atoms with Crippen molar-refractivity contribution >= 4 is 11.6 Å². The number of halogens is 2. The van der Waals surface area contributed by atoms with Crippen LogP contribution in [0.4, 0.5) is 4.39 Å². The van der Waals surface area contributed by atoms with Crippen LogP contribution in [0.15, 0.2) is 36.4 Å². The number of benzene rings is 2. The SMILES string of the molecule is CCN(CC)CCCNCc1ccc(OCc2ccc(F)cc2Cl)c(OC)c1. The maximum Gasteiger partial charge on any atom is 0.161 e. The van der Waals surface area contributed by atoms with E-state index in [1.807, 2.05) is 18.2 Å². The third-order valence-corrected chi connectivity index (χ3v) is 5.03. The number of nitrogens with one attached hydrogen (secondary N) is 1. The van der Waals surface area contributed by atoms with Gasteiger partial charge in [-0.25, -0.2) is 4.39 Å². The highest BCUT2D eigenvalue weighted by atomic mass is 35.5. The lowest BCUT2D eigenvalue weighted by Gasteiger charge is -2.17. The van der Waals surface area contributed by atoms with Crippen molar-refractivity contribution in [3.8, 4) is 11.5 Å². The van der Waals surface area contributed by atoms with E-state index in [-0.39, 0.29) is 12.4 Å². The smallest absolute Gasteiger partial charge is 0.161 e. The largest absolute Gasteiger partial charge is 0.493 e. The molecule has 0 radical (unpaired) electrons. The molecule has 0 spiro atoms. The van der Waals surface area contributed by atoms with Crippen LogP contribution >= 0.6 is 11.6 Å². The van der Waals surface area contributed by atoms with Crippen LogP contribution in [-0.2, 0) is 13.2 Å². The van der Waals surface area contributed by atoms with E-state index >= 15 is 0 Å². The minimum Gasteiger partial charge on any atom is -0.493 e. The molecule has 0 heterocycles. The van der Waals surface area contributed by atoms with Gasteiger partial charge in [0.1, 0.15) is 12.4 Å². The van der Waals surface area contributed by atoms with Crippen LogP contribution in [-0.4, -0.2) is 38.2 Å². The number of rotatable bonds is 12. The number of hydrogen-bond donors (Lipinski definition) is 1. The molecular weight excluding hydrogens is 379 g/mol. The van der Waals surface area contributed by atoms with Gasteiger partial charge in [-0.15, -0.1) is 0 Å². The molecule has 2 aromatic rings. The highest BCUT2D eigenvalue weighted by Gasteiger charge is 2.08. The van der Waals surface area contributed by atoms with Crippen LogP contribution in [0.1, 0.15) is 31.4 Å². The van der Waals surface area contributed by atoms with Gasteiger partial charge in [-0.05, 0) is 62.4 Å². The lowest BCUT2D eigenvalue weighted by atomic mass is 10.2. The Bertz CT molecular complexity index is 738. The normalized spacial score (nSPS) is 11.1. The van der Waals surface area contributed by atoms with Crippen molar-refractivity contribution in [2.24, 2.45) is 0 Å². The summed E-state index contributed by atoms with van der Waals surface area (Å²) in [4.78, 5) is 2.42. The van der Waals surface area contributed by atoms with Gasteiger partial charge in [0.15, 0.2) is 11.5 Å². The van der Waals surface area contributed by atoms with Gasteiger partial charge in [0.25, 0.3) is 0 Å². The zero-order valence-corrected chi connectivity index (χ0v) is 17.7. The van der Waals surface area contributed by atoms with E-state index in [9.17, 15) is 4.39 Å². The zero-order chi connectivity index (χ0) is 20.4. The van der Waals surface area contributed by atoms with Gasteiger partial charge in [-0.1, -0.05) is 37.6 Å². The Balaban J connectivity index is 1.85. The molecule has 1 N–H and O–H groups in total. The van der Waals surface area contributed by atoms with E-state index in [0.717, 1.165) is 50.3 Å². The zero-order valence-electron chi connectivity index (χ0n) is 16.9. The Morgan fingerprint density at radius 2 is 1.86 bits per heavy atom. The number of methoxy groups -OCH3 is 1. The van der Waals surface area contributed by atoms with E-state index in [2.05, 4.69) is 24.1 Å². The molecule has 0 bridgehead atoms. The summed E-state index contributed by atoms with van der Waals surface area (Å²) in [6.07, 6.45) is 1.12. The predicted octanol–water partition coefficient (Wildman–Crippen LogP) is 4.89. The first-order chi connectivity index (χ1) is 13.6. The molecule has 0 amide bonds. The van der Waals surface area contributed by atoms with Crippen LogP contribution < -0.4 is 14.8 Å². The maximum absolute atomic E-state index is 13.1. The van der Waals surface area contributed by atoms with E-state index in [4.69, 9.17) is 21.1 Å². The Kier molecular flexibility index (Phi) is 9.55. The van der Waals surface area contributed by atoms with Crippen molar-refractivity contribution in [3.05, 3.63) is 58.4 Å². The van der Waals surface area contributed by atoms with E-state index < -0.39 is 0 Å². The molecule has 0 saturated heterocycles. The summed E-state index contributed by atoms with van der Waals surface area (Å²) in [6, 6.07) is 10.2. The third kappa shape index (κ3) is 6.97. The van der Waals surface area contributed by atoms with Crippen molar-refractivity contribution in [2.45, 2.75) is 33.4 Å². The van der Waals surface area contributed by atoms with Gasteiger partial charge in [0, 0.05) is 12.1 Å². The minimum atomic E-state index is -0.361. The van der Waals surface area contributed by atoms with E-state index in [1.54, 1.807) is 13.2 Å². The summed E-state index contributed by atoms with van der Waals surface area (Å²) in [6.45, 7) is 9.68. The number of ether oxygens (including phenoxy) is 2. The van der Waals surface area contributed by atoms with Gasteiger partial charge >= 0.3 is 0 Å². The average molecular weight is 409 g/mol. The van der Waals surface area contributed by atoms with Crippen LogP contribution in [0.25, 0.3) is 0 Å². The Labute approximate surface area is 172 Å². The molecule has 28 heavy (non-hydrogen) atoms. The first-order valence-corrected chi connectivity index (χ1v) is 10.1. The van der Waals surface area contributed by atoms with Gasteiger partial charge in [0.2, 0.25) is 0 Å². The van der Waals surface area contributed by atoms with Crippen LogP contribution in [0.5, 0.6) is 11.5 Å². The molecule has 4 nitrogen and oxygen atoms in total. The molecule has 2 rings (SSSR count). The molecule has 0 aromatic heterocycles. The Hall–Kier alpha value is -1.82. The summed E-state index contributed by atoms with van der Waals surface area (Å²) >= 11 is 6.05. The summed E-state index contributed by atoms with van der Waals surface area (Å²) in [5.74, 6) is 0.939. The van der Waals surface area contributed by atoms with E-state index in [0.29, 0.717) is 16.5 Å². The number of hydrogen-bond acceptors (Lipinski definition) is 4. The van der Waals surface area contributed by atoms with E-state index in [1.165, 1.54) is 12.1 Å². The molecule has 0 unspecified atom stereocenters. The summed E-state index contributed by atoms with van der Waals surface area (Å²) in [5.41, 5.74) is 1.86. The Morgan fingerprint density at radius 1 is 1.07 bits per heavy atom. The predicted molar refractivity (Wildman–Crippen MR) is 113 cm³/mol. The fraction of sp³-hybridized carbons (Fsp3) is 0.455. The van der Waals surface area contributed by atoms with Gasteiger partial charge < -0.3 is 19.7 Å². The van der Waals surface area contributed by atoms with Crippen LogP contribution in [0.3, 0.4) is 0 Å². The summed E-state index contributed by atoms with van der Waals surface area (Å²) in [5, 5.41) is 3.82. The average Bonchev–Trinajstić information content (AvgIpc) is 2.70. The molecule has 2 aromatic carbocycles. The van der Waals surface area contributed by atoms with Gasteiger partial charge in [-0.2, -0.15) is 0 Å². The lowest BCUT2D eigenvalue weighted by Crippen LogP contribution is -2.27. The molecule has 0 saturated carbocycles. The van der Waals surface area contributed by atoms with Crippen LogP contribution in [0, 0.1) is 5.82 Å². The van der Waals surface area contributed by atoms with Gasteiger partial charge in [0.05, 0.1) is 12.1 Å². The fourth-order valence-electron chi connectivity index (χ4n) is 2.94. The van der Waals surface area contributed by atoms with Crippen molar-refractivity contribution in [3.63, 3.8) is 0 Å². The summed E-state index contributed by atoms with van der Waals surface area (Å²) < 4.78 is 24.4. The van der Waals surface area contributed by atoms with Crippen LogP contribution in [0.2, 0.25) is 5.02 Å². The highest BCUT2D eigenvalue weighted by Crippen LogP contribution is 2.29. The monoisotopic (exact) mass is 408 g/mol. The second-order valence-corrected chi connectivity index (χ2v) is 6.97. The maximum atomic E-state index is 13.1. The second kappa shape index (κ2) is 11.9. The van der Waals surface area contributed by atoms with Crippen molar-refractivity contribution < 1.29 is 13.9 Å². The first-order valence-electron chi connectivity index (χ1n) is 9.74. The standard InChI is InChI=1S/C22H30ClFN2O2/c1-4-26(5-2)12-6-11-25-15-17-7-10-21(22(13-17)27-3)28-16-18-8-9-19(24)14-20(18)23/h7-10,13-14,25H,4-6,11-12,15-16H2,1-3H3. The topological polar surface area (TPSA) is 33.7 Å². The molecular formula is C22H30ClFN2O2. The molecule has 0 aliphatic carbocycles. The number of nitrogens with zero attached hydrogens (tertiary/aromatic N) is 1. The quantitative estimate of drug-likeness (QED) is 0.507. The highest BCUT2D eigenvalue weighted by molar-refractivity contribution is 6.31. The third-order valence-electron chi connectivity index (χ3n) is 4.68. The first kappa shape index (κ1) is 22.5. The lowest BCUT2D eigenvalue weighted by molar-refractivity contribution is 0.284. The minimum absolute atomic E-state index is 0.248. The molecule has 0 atom stereocenters. The molecule has 0 aliphatic rings. The molecule has 6 heteroatoms. The second-order valence-electron chi connectivity index (χ2n) is 6.57.